The first-order chi connectivity index (χ1) is 11.2. The highest BCUT2D eigenvalue weighted by Gasteiger charge is 2.35. The van der Waals surface area contributed by atoms with Crippen LogP contribution in [0.25, 0.3) is 0 Å². The van der Waals surface area contributed by atoms with Crippen LogP contribution in [0.1, 0.15) is 44.0 Å². The van der Waals surface area contributed by atoms with E-state index in [1.165, 1.54) is 0 Å². The SMILES string of the molecule is CO[C@H]1CN(C(C)C)C[C@@H]1NC(=O)c1ccc(C#CC(C)(C)O)o1. The molecule has 1 amide bonds. The lowest BCUT2D eigenvalue weighted by molar-refractivity contribution is 0.0736. The van der Waals surface area contributed by atoms with Crippen molar-refractivity contribution < 1.29 is 19.1 Å². The van der Waals surface area contributed by atoms with Crippen molar-refractivity contribution in [2.75, 3.05) is 20.2 Å². The lowest BCUT2D eigenvalue weighted by Gasteiger charge is -2.19. The molecule has 0 bridgehead atoms. The van der Waals surface area contributed by atoms with E-state index in [0.717, 1.165) is 13.1 Å². The number of nitrogens with one attached hydrogen (secondary N) is 1. The lowest BCUT2D eigenvalue weighted by Crippen LogP contribution is -2.43. The van der Waals surface area contributed by atoms with E-state index in [2.05, 4.69) is 35.9 Å². The summed E-state index contributed by atoms with van der Waals surface area (Å²) in [5, 5.41) is 12.6. The van der Waals surface area contributed by atoms with Gasteiger partial charge in [-0.05, 0) is 45.7 Å². The van der Waals surface area contributed by atoms with Crippen molar-refractivity contribution in [3.8, 4) is 11.8 Å². The summed E-state index contributed by atoms with van der Waals surface area (Å²) in [5.41, 5.74) is -1.11. The van der Waals surface area contributed by atoms with Crippen LogP contribution in [0.5, 0.6) is 0 Å². The van der Waals surface area contributed by atoms with E-state index in [-0.39, 0.29) is 23.8 Å². The Balaban J connectivity index is 2.02. The summed E-state index contributed by atoms with van der Waals surface area (Å²) in [6, 6.07) is 3.52. The summed E-state index contributed by atoms with van der Waals surface area (Å²) >= 11 is 0. The number of nitrogens with zero attached hydrogens (tertiary/aromatic N) is 1. The van der Waals surface area contributed by atoms with Crippen LogP contribution in [-0.4, -0.2) is 59.9 Å². The first-order valence-corrected chi connectivity index (χ1v) is 8.12. The van der Waals surface area contributed by atoms with Gasteiger partial charge in [0, 0.05) is 26.2 Å². The zero-order valence-electron chi connectivity index (χ0n) is 14.9. The van der Waals surface area contributed by atoms with Gasteiger partial charge in [-0.15, -0.1) is 0 Å². The lowest BCUT2D eigenvalue weighted by atomic mass is 10.1. The van der Waals surface area contributed by atoms with Crippen molar-refractivity contribution in [3.63, 3.8) is 0 Å². The molecule has 1 aromatic rings. The maximum atomic E-state index is 12.4. The average molecular weight is 334 g/mol. The largest absolute Gasteiger partial charge is 0.443 e. The van der Waals surface area contributed by atoms with Gasteiger partial charge in [0.15, 0.2) is 11.5 Å². The van der Waals surface area contributed by atoms with Crippen LogP contribution in [0.3, 0.4) is 0 Å². The number of rotatable bonds is 4. The Morgan fingerprint density at radius 1 is 1.46 bits per heavy atom. The molecule has 132 valence electrons. The second kappa shape index (κ2) is 7.39. The van der Waals surface area contributed by atoms with Gasteiger partial charge < -0.3 is 19.6 Å². The fraction of sp³-hybridized carbons (Fsp3) is 0.611. The van der Waals surface area contributed by atoms with Gasteiger partial charge in [-0.3, -0.25) is 9.69 Å². The first kappa shape index (κ1) is 18.5. The van der Waals surface area contributed by atoms with Gasteiger partial charge >= 0.3 is 0 Å². The predicted octanol–water partition coefficient (Wildman–Crippen LogP) is 1.24. The Kier molecular flexibility index (Phi) is 5.70. The molecule has 2 atom stereocenters. The van der Waals surface area contributed by atoms with Gasteiger partial charge in [0.25, 0.3) is 5.91 Å². The number of aliphatic hydroxyl groups is 1. The van der Waals surface area contributed by atoms with Crippen LogP contribution in [0.4, 0.5) is 0 Å². The Bertz CT molecular complexity index is 633. The van der Waals surface area contributed by atoms with Gasteiger partial charge in [0.05, 0.1) is 12.1 Å². The molecule has 6 heteroatoms. The van der Waals surface area contributed by atoms with Gasteiger partial charge in [0.1, 0.15) is 5.60 Å². The van der Waals surface area contributed by atoms with Gasteiger partial charge in [-0.1, -0.05) is 5.92 Å². The predicted molar refractivity (Wildman–Crippen MR) is 90.6 cm³/mol. The van der Waals surface area contributed by atoms with Crippen molar-refractivity contribution >= 4 is 5.91 Å². The van der Waals surface area contributed by atoms with E-state index in [4.69, 9.17) is 9.15 Å². The van der Waals surface area contributed by atoms with Crippen LogP contribution in [0, 0.1) is 11.8 Å². The van der Waals surface area contributed by atoms with Gasteiger partial charge in [0.2, 0.25) is 0 Å². The number of furan rings is 1. The zero-order chi connectivity index (χ0) is 17.9. The van der Waals surface area contributed by atoms with Crippen molar-refractivity contribution in [2.24, 2.45) is 0 Å². The molecular weight excluding hydrogens is 308 g/mol. The van der Waals surface area contributed by atoms with Crippen LogP contribution < -0.4 is 5.32 Å². The van der Waals surface area contributed by atoms with Crippen LogP contribution in [-0.2, 0) is 4.74 Å². The third kappa shape index (κ3) is 4.84. The molecule has 6 nitrogen and oxygen atoms in total. The quantitative estimate of drug-likeness (QED) is 0.811. The molecule has 2 N–H and O–H groups in total. The van der Waals surface area contributed by atoms with Crippen molar-refractivity contribution in [2.45, 2.75) is 51.5 Å². The normalized spacial score (nSPS) is 21.6. The number of methoxy groups -OCH3 is 1. The summed E-state index contributed by atoms with van der Waals surface area (Å²) < 4.78 is 10.9. The highest BCUT2D eigenvalue weighted by molar-refractivity contribution is 5.91. The summed E-state index contributed by atoms with van der Waals surface area (Å²) in [4.78, 5) is 14.6. The highest BCUT2D eigenvalue weighted by Crippen LogP contribution is 2.17. The fourth-order valence-electron chi connectivity index (χ4n) is 2.58. The standard InChI is InChI=1S/C18H26N2O4/c1-12(2)20-10-14(16(11-20)23-5)19-17(21)15-7-6-13(24-15)8-9-18(3,4)22/h6-7,12,14,16,22H,10-11H2,1-5H3,(H,19,21)/t14-,16-/m0/s1. The maximum Gasteiger partial charge on any atom is 0.287 e. The molecule has 2 heterocycles. The van der Waals surface area contributed by atoms with Crippen molar-refractivity contribution in [1.29, 1.82) is 0 Å². The molecule has 2 rings (SSSR count). The van der Waals surface area contributed by atoms with Crippen LogP contribution in [0.2, 0.25) is 0 Å². The van der Waals surface area contributed by atoms with Gasteiger partial charge in [-0.25, -0.2) is 0 Å². The number of hydrogen-bond acceptors (Lipinski definition) is 5. The molecule has 0 aliphatic carbocycles. The van der Waals surface area contributed by atoms with E-state index < -0.39 is 5.60 Å². The summed E-state index contributed by atoms with van der Waals surface area (Å²) in [5.74, 6) is 5.63. The topological polar surface area (TPSA) is 74.9 Å². The molecule has 1 fully saturated rings. The number of amides is 1. The second-order valence-electron chi connectivity index (χ2n) is 6.87. The molecule has 0 saturated carbocycles. The molecule has 0 radical (unpaired) electrons. The Morgan fingerprint density at radius 2 is 2.17 bits per heavy atom. The first-order valence-electron chi connectivity index (χ1n) is 8.12. The number of hydrogen-bond donors (Lipinski definition) is 2. The van der Waals surface area contributed by atoms with Crippen molar-refractivity contribution in [3.05, 3.63) is 23.7 Å². The number of ether oxygens (including phenoxy) is 1. The molecule has 0 unspecified atom stereocenters. The van der Waals surface area contributed by atoms with Crippen LogP contribution in [0.15, 0.2) is 16.5 Å². The maximum absolute atomic E-state index is 12.4. The molecule has 0 spiro atoms. The minimum atomic E-state index is -1.11. The van der Waals surface area contributed by atoms with Gasteiger partial charge in [-0.2, -0.15) is 0 Å². The van der Waals surface area contributed by atoms with Crippen molar-refractivity contribution in [1.82, 2.24) is 10.2 Å². The number of likely N-dealkylation sites (tertiary alicyclic amines) is 1. The van der Waals surface area contributed by atoms with E-state index in [1.807, 2.05) is 0 Å². The third-order valence-corrected chi connectivity index (χ3v) is 3.97. The number of carbonyl (C=O) groups is 1. The average Bonchev–Trinajstić information content (AvgIpc) is 3.10. The van der Waals surface area contributed by atoms with E-state index >= 15 is 0 Å². The molecule has 1 aliphatic heterocycles. The minimum absolute atomic E-state index is 0.0410. The monoisotopic (exact) mass is 334 g/mol. The zero-order valence-corrected chi connectivity index (χ0v) is 14.9. The summed E-state index contributed by atoms with van der Waals surface area (Å²) in [6.07, 6.45) is -0.0410. The minimum Gasteiger partial charge on any atom is -0.443 e. The highest BCUT2D eigenvalue weighted by atomic mass is 16.5. The van der Waals surface area contributed by atoms with E-state index in [9.17, 15) is 9.90 Å². The van der Waals surface area contributed by atoms with Crippen LogP contribution >= 0.6 is 0 Å². The Labute approximate surface area is 143 Å². The number of carbonyl (C=O) groups excluding carboxylic acids is 1. The Hall–Kier alpha value is -1.81. The summed E-state index contributed by atoms with van der Waals surface area (Å²) in [7, 11) is 1.66. The molecular formula is C18H26N2O4. The molecule has 0 aromatic carbocycles. The molecule has 1 aromatic heterocycles. The fourth-order valence-corrected chi connectivity index (χ4v) is 2.58. The smallest absolute Gasteiger partial charge is 0.287 e. The molecule has 1 saturated heterocycles. The van der Waals surface area contributed by atoms with E-state index in [0.29, 0.717) is 11.8 Å². The molecule has 24 heavy (non-hydrogen) atoms. The van der Waals surface area contributed by atoms with E-state index in [1.54, 1.807) is 33.1 Å². The Morgan fingerprint density at radius 3 is 2.75 bits per heavy atom. The summed E-state index contributed by atoms with van der Waals surface area (Å²) in [6.45, 7) is 8.95. The second-order valence-corrected chi connectivity index (χ2v) is 6.87. The molecule has 1 aliphatic rings. The third-order valence-electron chi connectivity index (χ3n) is 3.97.